The van der Waals surface area contributed by atoms with Gasteiger partial charge in [-0.1, -0.05) is 29.3 Å². The largest absolute Gasteiger partial charge is 0.478 e. The van der Waals surface area contributed by atoms with Gasteiger partial charge in [-0.3, -0.25) is 10.1 Å². The number of benzene rings is 1. The molecule has 0 bridgehead atoms. The van der Waals surface area contributed by atoms with Crippen LogP contribution in [-0.2, 0) is 9.59 Å². The molecule has 1 amide bonds. The maximum Gasteiger partial charge on any atom is 0.328 e. The first kappa shape index (κ1) is 15.5. The third kappa shape index (κ3) is 4.29. The Labute approximate surface area is 133 Å². The van der Waals surface area contributed by atoms with Crippen LogP contribution in [0.2, 0.25) is 10.0 Å². The smallest absolute Gasteiger partial charge is 0.328 e. The summed E-state index contributed by atoms with van der Waals surface area (Å²) < 4.78 is 0. The summed E-state index contributed by atoms with van der Waals surface area (Å²) in [6, 6.07) is 5.10. The molecule has 0 fully saturated rings. The van der Waals surface area contributed by atoms with Crippen molar-refractivity contribution >= 4 is 51.5 Å². The highest BCUT2D eigenvalue weighted by Crippen LogP contribution is 2.30. The number of aliphatic carboxylic acids is 1. The van der Waals surface area contributed by atoms with Crippen molar-refractivity contribution in [3.8, 4) is 11.3 Å². The molecule has 2 rings (SSSR count). The summed E-state index contributed by atoms with van der Waals surface area (Å²) in [6.45, 7) is 0. The Bertz CT molecular complexity index is 728. The van der Waals surface area contributed by atoms with Gasteiger partial charge in [0.05, 0.1) is 15.7 Å². The Hall–Kier alpha value is -1.89. The molecular weight excluding hydrogens is 335 g/mol. The monoisotopic (exact) mass is 342 g/mol. The molecule has 1 aromatic carbocycles. The van der Waals surface area contributed by atoms with E-state index in [0.29, 0.717) is 20.9 Å². The molecule has 0 aliphatic carbocycles. The maximum atomic E-state index is 11.4. The predicted molar refractivity (Wildman–Crippen MR) is 83.0 cm³/mol. The van der Waals surface area contributed by atoms with Crippen LogP contribution in [0.5, 0.6) is 0 Å². The van der Waals surface area contributed by atoms with Gasteiger partial charge in [-0.25, -0.2) is 9.78 Å². The van der Waals surface area contributed by atoms with Gasteiger partial charge in [-0.15, -0.1) is 11.3 Å². The molecule has 0 aliphatic rings. The summed E-state index contributed by atoms with van der Waals surface area (Å²) in [4.78, 5) is 26.0. The van der Waals surface area contributed by atoms with Crippen LogP contribution in [-0.4, -0.2) is 22.0 Å². The van der Waals surface area contributed by atoms with Crippen molar-refractivity contribution in [3.05, 3.63) is 45.8 Å². The quantitative estimate of drug-likeness (QED) is 0.830. The Morgan fingerprint density at radius 2 is 2.00 bits per heavy atom. The van der Waals surface area contributed by atoms with Crippen LogP contribution in [0, 0.1) is 0 Å². The number of carboxylic acid groups (broad SMARTS) is 1. The molecule has 21 heavy (non-hydrogen) atoms. The number of nitrogens with zero attached hydrogens (tertiary/aromatic N) is 1. The van der Waals surface area contributed by atoms with Gasteiger partial charge in [0.2, 0.25) is 5.91 Å². The number of carbonyl (C=O) groups excluding carboxylic acids is 1. The van der Waals surface area contributed by atoms with Crippen LogP contribution < -0.4 is 5.32 Å². The first-order valence-corrected chi connectivity index (χ1v) is 7.22. The first-order valence-electron chi connectivity index (χ1n) is 5.58. The van der Waals surface area contributed by atoms with Gasteiger partial charge in [0.1, 0.15) is 0 Å². The van der Waals surface area contributed by atoms with Crippen molar-refractivity contribution in [2.45, 2.75) is 0 Å². The number of amides is 1. The lowest BCUT2D eigenvalue weighted by molar-refractivity contribution is -0.131. The van der Waals surface area contributed by atoms with Crippen LogP contribution in [0.15, 0.2) is 35.7 Å². The summed E-state index contributed by atoms with van der Waals surface area (Å²) in [7, 11) is 0. The highest BCUT2D eigenvalue weighted by Gasteiger charge is 2.08. The maximum absolute atomic E-state index is 11.4. The normalized spacial score (nSPS) is 10.8. The van der Waals surface area contributed by atoms with E-state index in [1.807, 2.05) is 0 Å². The van der Waals surface area contributed by atoms with Gasteiger partial charge in [-0.05, 0) is 12.1 Å². The van der Waals surface area contributed by atoms with Crippen molar-refractivity contribution in [3.63, 3.8) is 0 Å². The molecule has 108 valence electrons. The van der Waals surface area contributed by atoms with E-state index in [-0.39, 0.29) is 0 Å². The van der Waals surface area contributed by atoms with E-state index in [9.17, 15) is 9.59 Å². The molecular formula is C13H8Cl2N2O3S. The van der Waals surface area contributed by atoms with Crippen molar-refractivity contribution < 1.29 is 14.7 Å². The molecule has 2 aromatic rings. The second-order valence-electron chi connectivity index (χ2n) is 3.83. The molecule has 1 heterocycles. The molecule has 0 spiro atoms. The fourth-order valence-corrected chi connectivity index (χ4v) is 2.43. The summed E-state index contributed by atoms with van der Waals surface area (Å²) >= 11 is 13.0. The van der Waals surface area contributed by atoms with Crippen LogP contribution in [0.3, 0.4) is 0 Å². The molecule has 0 radical (unpaired) electrons. The van der Waals surface area contributed by atoms with Crippen molar-refractivity contribution in [2.75, 3.05) is 5.32 Å². The van der Waals surface area contributed by atoms with Crippen molar-refractivity contribution in [1.82, 2.24) is 4.98 Å². The van der Waals surface area contributed by atoms with E-state index in [2.05, 4.69) is 10.3 Å². The molecule has 2 N–H and O–H groups in total. The highest BCUT2D eigenvalue weighted by molar-refractivity contribution is 7.14. The topological polar surface area (TPSA) is 79.3 Å². The van der Waals surface area contributed by atoms with Gasteiger partial charge in [-0.2, -0.15) is 0 Å². The summed E-state index contributed by atoms with van der Waals surface area (Å²) in [5, 5.41) is 13.9. The van der Waals surface area contributed by atoms with Gasteiger partial charge in [0.15, 0.2) is 5.13 Å². The van der Waals surface area contributed by atoms with Gasteiger partial charge in [0.25, 0.3) is 0 Å². The number of rotatable bonds is 4. The zero-order valence-corrected chi connectivity index (χ0v) is 12.7. The second-order valence-corrected chi connectivity index (χ2v) is 5.50. The minimum Gasteiger partial charge on any atom is -0.478 e. The molecule has 0 aliphatic heterocycles. The molecule has 0 saturated carbocycles. The number of hydrogen-bond acceptors (Lipinski definition) is 4. The van der Waals surface area contributed by atoms with Crippen molar-refractivity contribution in [2.24, 2.45) is 0 Å². The SMILES string of the molecule is O=C(O)/C=C/C(=O)Nc1nc(-c2ccc(Cl)c(Cl)c2)cs1. The summed E-state index contributed by atoms with van der Waals surface area (Å²) in [5.74, 6) is -1.76. The molecule has 0 atom stereocenters. The second kappa shape index (κ2) is 6.71. The number of aromatic nitrogens is 1. The van der Waals surface area contributed by atoms with Crippen LogP contribution in [0.25, 0.3) is 11.3 Å². The summed E-state index contributed by atoms with van der Waals surface area (Å²) in [6.07, 6.45) is 1.67. The Balaban J connectivity index is 2.12. The Morgan fingerprint density at radius 3 is 2.67 bits per heavy atom. The molecule has 1 aromatic heterocycles. The zero-order chi connectivity index (χ0) is 15.4. The first-order chi connectivity index (χ1) is 9.95. The fourth-order valence-electron chi connectivity index (χ4n) is 1.41. The van der Waals surface area contributed by atoms with E-state index in [0.717, 1.165) is 17.7 Å². The van der Waals surface area contributed by atoms with Crippen molar-refractivity contribution in [1.29, 1.82) is 0 Å². The molecule has 0 saturated heterocycles. The van der Waals surface area contributed by atoms with Crippen LogP contribution >= 0.6 is 34.5 Å². The van der Waals surface area contributed by atoms with E-state index >= 15 is 0 Å². The number of nitrogens with one attached hydrogen (secondary N) is 1. The minimum absolute atomic E-state index is 0.358. The number of anilines is 1. The highest BCUT2D eigenvalue weighted by atomic mass is 35.5. The molecule has 0 unspecified atom stereocenters. The van der Waals surface area contributed by atoms with Gasteiger partial charge < -0.3 is 5.11 Å². The minimum atomic E-state index is -1.19. The number of halogens is 2. The average Bonchev–Trinajstić information content (AvgIpc) is 2.88. The van der Waals surface area contributed by atoms with E-state index in [1.54, 1.807) is 23.6 Å². The lowest BCUT2D eigenvalue weighted by Gasteiger charge is -1.99. The number of carboxylic acids is 1. The fraction of sp³-hybridized carbons (Fsp3) is 0. The van der Waals surface area contributed by atoms with Gasteiger partial charge >= 0.3 is 5.97 Å². The third-order valence-corrected chi connectivity index (χ3v) is 3.82. The third-order valence-electron chi connectivity index (χ3n) is 2.33. The molecule has 5 nitrogen and oxygen atoms in total. The van der Waals surface area contributed by atoms with E-state index < -0.39 is 11.9 Å². The Kier molecular flexibility index (Phi) is 4.95. The average molecular weight is 343 g/mol. The van der Waals surface area contributed by atoms with Gasteiger partial charge in [0, 0.05) is 23.1 Å². The number of thiazole rings is 1. The lowest BCUT2D eigenvalue weighted by atomic mass is 10.2. The predicted octanol–water partition coefficient (Wildman–Crippen LogP) is 3.70. The Morgan fingerprint density at radius 1 is 1.24 bits per heavy atom. The van der Waals surface area contributed by atoms with Crippen LogP contribution in [0.1, 0.15) is 0 Å². The summed E-state index contributed by atoms with van der Waals surface area (Å²) in [5.41, 5.74) is 1.40. The van der Waals surface area contributed by atoms with E-state index in [4.69, 9.17) is 28.3 Å². The molecule has 8 heteroatoms. The van der Waals surface area contributed by atoms with E-state index in [1.165, 1.54) is 11.3 Å². The zero-order valence-electron chi connectivity index (χ0n) is 10.3. The standard InChI is InChI=1S/C13H8Cl2N2O3S/c14-8-2-1-7(5-9(8)15)10-6-21-13(16-10)17-11(18)3-4-12(19)20/h1-6H,(H,19,20)(H,16,17,18)/b4-3+. The number of hydrogen-bond donors (Lipinski definition) is 2. The van der Waals surface area contributed by atoms with Crippen LogP contribution in [0.4, 0.5) is 5.13 Å². The lowest BCUT2D eigenvalue weighted by Crippen LogP contribution is -2.08. The number of carbonyl (C=O) groups is 2.